The standard InChI is InChI=1S/C26H36N4O2/c1-7-27(8-2)29(11-5)21-17-13-15-19-23(21)25(31)20-16-14-18-22(24(20)26(19)32)30(12-6)28(9-3)10-4/h13-18H,7-12H2,1-6H3. The van der Waals surface area contributed by atoms with Crippen molar-refractivity contribution in [3.8, 4) is 0 Å². The number of hydrazine groups is 2. The normalized spacial score (nSPS) is 12.9. The minimum absolute atomic E-state index is 0.0757. The van der Waals surface area contributed by atoms with E-state index in [1.165, 1.54) is 0 Å². The van der Waals surface area contributed by atoms with E-state index in [-0.39, 0.29) is 11.6 Å². The number of fused-ring (bicyclic) bond motifs is 2. The van der Waals surface area contributed by atoms with E-state index in [1.54, 1.807) is 12.1 Å². The molecule has 0 spiro atoms. The first-order valence-electron chi connectivity index (χ1n) is 11.9. The molecule has 0 amide bonds. The van der Waals surface area contributed by atoms with Crippen LogP contribution in [0, 0.1) is 0 Å². The summed E-state index contributed by atoms with van der Waals surface area (Å²) < 4.78 is 0. The third-order valence-corrected chi connectivity index (χ3v) is 6.33. The van der Waals surface area contributed by atoms with Crippen molar-refractivity contribution >= 4 is 22.9 Å². The fraction of sp³-hybridized carbons (Fsp3) is 0.462. The molecule has 0 bridgehead atoms. The van der Waals surface area contributed by atoms with Crippen molar-refractivity contribution in [3.63, 3.8) is 0 Å². The van der Waals surface area contributed by atoms with Crippen LogP contribution >= 0.6 is 0 Å². The molecule has 0 aliphatic heterocycles. The Balaban J connectivity index is 2.20. The van der Waals surface area contributed by atoms with Gasteiger partial charge in [-0.25, -0.2) is 10.0 Å². The Hall–Kier alpha value is -2.70. The number of nitrogens with zero attached hydrogens (tertiary/aromatic N) is 4. The molecule has 2 aromatic rings. The van der Waals surface area contributed by atoms with Gasteiger partial charge in [-0.15, -0.1) is 0 Å². The van der Waals surface area contributed by atoms with Gasteiger partial charge in [-0.2, -0.15) is 0 Å². The van der Waals surface area contributed by atoms with Crippen LogP contribution in [0.25, 0.3) is 0 Å². The number of ketones is 2. The molecule has 0 heterocycles. The van der Waals surface area contributed by atoms with Gasteiger partial charge in [-0.3, -0.25) is 9.59 Å². The Morgan fingerprint density at radius 1 is 0.531 bits per heavy atom. The van der Waals surface area contributed by atoms with Gasteiger partial charge in [0.2, 0.25) is 0 Å². The van der Waals surface area contributed by atoms with Gasteiger partial charge >= 0.3 is 0 Å². The molecular formula is C26H36N4O2. The molecule has 0 atom stereocenters. The number of carbonyl (C=O) groups excluding carboxylic acids is 2. The van der Waals surface area contributed by atoms with Gasteiger partial charge in [-0.1, -0.05) is 52.0 Å². The molecule has 0 unspecified atom stereocenters. The summed E-state index contributed by atoms with van der Waals surface area (Å²) >= 11 is 0. The van der Waals surface area contributed by atoms with Crippen LogP contribution in [0.3, 0.4) is 0 Å². The maximum absolute atomic E-state index is 13.8. The molecule has 0 fully saturated rings. The Labute approximate surface area is 192 Å². The predicted octanol–water partition coefficient (Wildman–Crippen LogP) is 4.63. The zero-order valence-electron chi connectivity index (χ0n) is 20.3. The fourth-order valence-electron chi connectivity index (χ4n) is 4.81. The molecular weight excluding hydrogens is 400 g/mol. The van der Waals surface area contributed by atoms with E-state index in [4.69, 9.17) is 0 Å². The number of benzene rings is 2. The lowest BCUT2D eigenvalue weighted by Crippen LogP contribution is -2.44. The summed E-state index contributed by atoms with van der Waals surface area (Å²) in [5.41, 5.74) is 3.63. The van der Waals surface area contributed by atoms with Crippen LogP contribution in [0.1, 0.15) is 73.4 Å². The average molecular weight is 437 g/mol. The molecule has 3 rings (SSSR count). The van der Waals surface area contributed by atoms with Gasteiger partial charge in [0.25, 0.3) is 0 Å². The number of hydrogen-bond donors (Lipinski definition) is 0. The van der Waals surface area contributed by atoms with Crippen molar-refractivity contribution in [2.24, 2.45) is 0 Å². The van der Waals surface area contributed by atoms with Crippen LogP contribution < -0.4 is 10.0 Å². The third-order valence-electron chi connectivity index (χ3n) is 6.33. The van der Waals surface area contributed by atoms with Crippen molar-refractivity contribution in [1.82, 2.24) is 10.0 Å². The van der Waals surface area contributed by atoms with Gasteiger partial charge in [0.1, 0.15) is 0 Å². The van der Waals surface area contributed by atoms with Crippen LogP contribution in [0.4, 0.5) is 11.4 Å². The Morgan fingerprint density at radius 2 is 0.875 bits per heavy atom. The minimum atomic E-state index is -0.0757. The van der Waals surface area contributed by atoms with Crippen LogP contribution in [0.5, 0.6) is 0 Å². The summed E-state index contributed by atoms with van der Waals surface area (Å²) in [6, 6.07) is 11.3. The van der Waals surface area contributed by atoms with E-state index in [2.05, 4.69) is 61.6 Å². The third kappa shape index (κ3) is 3.93. The van der Waals surface area contributed by atoms with Gasteiger partial charge < -0.3 is 10.0 Å². The highest BCUT2D eigenvalue weighted by atomic mass is 16.1. The van der Waals surface area contributed by atoms with Gasteiger partial charge in [0, 0.05) is 50.4 Å². The molecule has 172 valence electrons. The first-order valence-corrected chi connectivity index (χ1v) is 11.9. The van der Waals surface area contributed by atoms with Gasteiger partial charge in [-0.05, 0) is 26.0 Å². The van der Waals surface area contributed by atoms with Crippen molar-refractivity contribution < 1.29 is 9.59 Å². The van der Waals surface area contributed by atoms with Crippen molar-refractivity contribution in [1.29, 1.82) is 0 Å². The van der Waals surface area contributed by atoms with Gasteiger partial charge in [0.05, 0.1) is 22.5 Å². The Bertz CT molecular complexity index is 900. The first-order chi connectivity index (χ1) is 15.5. The largest absolute Gasteiger partial charge is 0.305 e. The molecule has 1 aliphatic carbocycles. The lowest BCUT2D eigenvalue weighted by molar-refractivity contribution is 0.0978. The SMILES string of the molecule is CCN(CC)N(CC)c1cccc2c1C(=O)c1cccc(N(CC)N(CC)CC)c1C2=O. The second kappa shape index (κ2) is 10.3. The lowest BCUT2D eigenvalue weighted by Gasteiger charge is -2.38. The van der Waals surface area contributed by atoms with Crippen molar-refractivity contribution in [2.75, 3.05) is 49.3 Å². The van der Waals surface area contributed by atoms with Crippen molar-refractivity contribution in [2.45, 2.75) is 41.5 Å². The van der Waals surface area contributed by atoms with E-state index >= 15 is 0 Å². The van der Waals surface area contributed by atoms with Crippen LogP contribution in [0.2, 0.25) is 0 Å². The summed E-state index contributed by atoms with van der Waals surface area (Å²) in [6.07, 6.45) is 0. The average Bonchev–Trinajstić information content (AvgIpc) is 2.83. The minimum Gasteiger partial charge on any atom is -0.305 e. The van der Waals surface area contributed by atoms with Gasteiger partial charge in [0.15, 0.2) is 11.6 Å². The second-order valence-electron chi connectivity index (χ2n) is 7.77. The topological polar surface area (TPSA) is 47.1 Å². The summed E-state index contributed by atoms with van der Waals surface area (Å²) in [7, 11) is 0. The van der Waals surface area contributed by atoms with Crippen LogP contribution in [-0.2, 0) is 0 Å². The quantitative estimate of drug-likeness (QED) is 0.432. The highest BCUT2D eigenvalue weighted by molar-refractivity contribution is 6.31. The fourth-order valence-corrected chi connectivity index (χ4v) is 4.81. The van der Waals surface area contributed by atoms with Crippen LogP contribution in [0.15, 0.2) is 36.4 Å². The van der Waals surface area contributed by atoms with Crippen LogP contribution in [-0.4, -0.2) is 60.9 Å². The van der Waals surface area contributed by atoms with E-state index in [9.17, 15) is 9.59 Å². The monoisotopic (exact) mass is 436 g/mol. The predicted molar refractivity (Wildman–Crippen MR) is 132 cm³/mol. The number of hydrogen-bond acceptors (Lipinski definition) is 6. The number of carbonyl (C=O) groups is 2. The second-order valence-corrected chi connectivity index (χ2v) is 7.77. The molecule has 6 nitrogen and oxygen atoms in total. The molecule has 0 saturated carbocycles. The Kier molecular flexibility index (Phi) is 7.69. The molecule has 1 aliphatic rings. The smallest absolute Gasteiger partial charge is 0.196 e. The molecule has 0 radical (unpaired) electrons. The number of rotatable bonds is 10. The molecule has 0 N–H and O–H groups in total. The Morgan fingerprint density at radius 3 is 1.16 bits per heavy atom. The molecule has 6 heteroatoms. The van der Waals surface area contributed by atoms with E-state index in [1.807, 2.05) is 24.3 Å². The summed E-state index contributed by atoms with van der Waals surface area (Å²) in [5, 5.41) is 8.62. The van der Waals surface area contributed by atoms with E-state index < -0.39 is 0 Å². The van der Waals surface area contributed by atoms with Crippen molar-refractivity contribution in [3.05, 3.63) is 58.7 Å². The zero-order valence-corrected chi connectivity index (χ0v) is 20.3. The van der Waals surface area contributed by atoms with E-state index in [0.29, 0.717) is 22.3 Å². The maximum atomic E-state index is 13.8. The zero-order chi connectivity index (χ0) is 23.4. The van der Waals surface area contributed by atoms with E-state index in [0.717, 1.165) is 50.6 Å². The number of anilines is 2. The molecule has 2 aromatic carbocycles. The molecule has 0 aromatic heterocycles. The summed E-state index contributed by atoms with van der Waals surface area (Å²) in [6.45, 7) is 17.3. The molecule has 32 heavy (non-hydrogen) atoms. The molecule has 0 saturated heterocycles. The lowest BCUT2D eigenvalue weighted by atomic mass is 9.82. The first kappa shape index (κ1) is 24.0. The maximum Gasteiger partial charge on any atom is 0.196 e. The summed E-state index contributed by atoms with van der Waals surface area (Å²) in [5.74, 6) is -0.151. The highest BCUT2D eigenvalue weighted by Crippen LogP contribution is 2.38. The highest BCUT2D eigenvalue weighted by Gasteiger charge is 2.36. The summed E-state index contributed by atoms with van der Waals surface area (Å²) in [4.78, 5) is 27.7.